The van der Waals surface area contributed by atoms with Gasteiger partial charge in [-0.05, 0) is 12.8 Å². The largest absolute Gasteiger partial charge is 0.481 e. The van der Waals surface area contributed by atoms with Crippen molar-refractivity contribution in [3.05, 3.63) is 0 Å². The summed E-state index contributed by atoms with van der Waals surface area (Å²) < 4.78 is 0. The van der Waals surface area contributed by atoms with E-state index in [2.05, 4.69) is 31.6 Å². The molecule has 5 amide bonds. The number of aliphatic imine (C=N–C) groups is 1. The van der Waals surface area contributed by atoms with Crippen molar-refractivity contribution in [3.63, 3.8) is 0 Å². The number of carboxylic acids is 1. The standard InChI is InChI=1S/C17H28N8O7/c18-17(19)21-4-1-2-9-15(31)23-8-13(28)25-10(6-14(29)30)16(32)22-7-12(27)20-5-3-11(26)24-9/h9-10H,1-8H2,(H,20,27)(H,22,32)(H,23,31)(H,24,26)(H,25,28)(H,29,30)(H4,18,19,21)/t9-,10-/m0/s1. The van der Waals surface area contributed by atoms with E-state index in [1.807, 2.05) is 0 Å². The van der Waals surface area contributed by atoms with E-state index >= 15 is 0 Å². The first-order valence-corrected chi connectivity index (χ1v) is 9.76. The van der Waals surface area contributed by atoms with Gasteiger partial charge in [0.05, 0.1) is 19.5 Å². The third-order valence-electron chi connectivity index (χ3n) is 4.15. The lowest BCUT2D eigenvalue weighted by Crippen LogP contribution is -2.54. The molecule has 1 aliphatic heterocycles. The molecule has 0 saturated carbocycles. The lowest BCUT2D eigenvalue weighted by atomic mass is 10.1. The predicted molar refractivity (Wildman–Crippen MR) is 110 cm³/mol. The number of carboxylic acid groups (broad SMARTS) is 1. The number of carbonyl (C=O) groups excluding carboxylic acids is 5. The van der Waals surface area contributed by atoms with Gasteiger partial charge in [0.25, 0.3) is 0 Å². The van der Waals surface area contributed by atoms with Gasteiger partial charge < -0.3 is 43.2 Å². The summed E-state index contributed by atoms with van der Waals surface area (Å²) >= 11 is 0. The molecule has 0 aromatic heterocycles. The topological polar surface area (TPSA) is 247 Å². The Labute approximate surface area is 183 Å². The quantitative estimate of drug-likeness (QED) is 0.108. The predicted octanol–water partition coefficient (Wildman–Crippen LogP) is -4.76. The Kier molecular flexibility index (Phi) is 10.9. The Morgan fingerprint density at radius 1 is 0.906 bits per heavy atom. The van der Waals surface area contributed by atoms with Gasteiger partial charge in [0.1, 0.15) is 12.1 Å². The normalized spacial score (nSPS) is 21.3. The zero-order valence-corrected chi connectivity index (χ0v) is 17.3. The maximum atomic E-state index is 12.5. The van der Waals surface area contributed by atoms with Gasteiger partial charge in [0.2, 0.25) is 29.5 Å². The van der Waals surface area contributed by atoms with Crippen LogP contribution in [0.25, 0.3) is 0 Å². The average Bonchev–Trinajstić information content (AvgIpc) is 2.70. The first-order chi connectivity index (χ1) is 15.1. The first kappa shape index (κ1) is 26.1. The van der Waals surface area contributed by atoms with E-state index in [0.717, 1.165) is 0 Å². The Hall–Kier alpha value is -3.91. The second-order valence-corrected chi connectivity index (χ2v) is 6.82. The number of nitrogens with zero attached hydrogens (tertiary/aromatic N) is 1. The van der Waals surface area contributed by atoms with E-state index in [9.17, 15) is 28.8 Å². The average molecular weight is 456 g/mol. The van der Waals surface area contributed by atoms with E-state index in [1.54, 1.807) is 0 Å². The molecule has 1 fully saturated rings. The van der Waals surface area contributed by atoms with Crippen LogP contribution in [0, 0.1) is 0 Å². The van der Waals surface area contributed by atoms with E-state index in [-0.39, 0.29) is 31.9 Å². The Morgan fingerprint density at radius 3 is 2.12 bits per heavy atom. The summed E-state index contributed by atoms with van der Waals surface area (Å²) in [4.78, 5) is 75.4. The van der Waals surface area contributed by atoms with Crippen LogP contribution in [0.4, 0.5) is 0 Å². The molecule has 0 aromatic carbocycles. The van der Waals surface area contributed by atoms with Crippen molar-refractivity contribution in [3.8, 4) is 0 Å². The van der Waals surface area contributed by atoms with Crippen LogP contribution in [-0.4, -0.2) is 84.8 Å². The number of nitrogens with one attached hydrogen (secondary N) is 5. The van der Waals surface area contributed by atoms with Gasteiger partial charge in [-0.1, -0.05) is 0 Å². The highest BCUT2D eigenvalue weighted by atomic mass is 16.4. The molecule has 0 unspecified atom stereocenters. The molecule has 0 spiro atoms. The van der Waals surface area contributed by atoms with Crippen molar-refractivity contribution in [2.45, 2.75) is 37.8 Å². The zero-order chi connectivity index (χ0) is 24.1. The summed E-state index contributed by atoms with van der Waals surface area (Å²) in [5, 5.41) is 20.6. The monoisotopic (exact) mass is 456 g/mol. The van der Waals surface area contributed by atoms with Crippen LogP contribution in [0.3, 0.4) is 0 Å². The zero-order valence-electron chi connectivity index (χ0n) is 17.3. The molecule has 15 heteroatoms. The molecule has 0 radical (unpaired) electrons. The summed E-state index contributed by atoms with van der Waals surface area (Å²) in [5.74, 6) is -5.00. The molecule has 0 aromatic rings. The fourth-order valence-corrected chi connectivity index (χ4v) is 2.63. The molecular formula is C17H28N8O7. The van der Waals surface area contributed by atoms with Crippen LogP contribution in [0.1, 0.15) is 25.7 Å². The van der Waals surface area contributed by atoms with Crippen LogP contribution in [0.2, 0.25) is 0 Å². The molecule has 15 nitrogen and oxygen atoms in total. The second-order valence-electron chi connectivity index (χ2n) is 6.82. The number of rotatable bonds is 6. The van der Waals surface area contributed by atoms with Crippen molar-refractivity contribution in [1.82, 2.24) is 26.6 Å². The third-order valence-corrected chi connectivity index (χ3v) is 4.15. The van der Waals surface area contributed by atoms with Crippen molar-refractivity contribution < 1.29 is 33.9 Å². The Bertz CT molecular complexity index is 766. The second kappa shape index (κ2) is 13.4. The molecule has 178 valence electrons. The maximum absolute atomic E-state index is 12.5. The van der Waals surface area contributed by atoms with Gasteiger partial charge in [-0.2, -0.15) is 0 Å². The van der Waals surface area contributed by atoms with Gasteiger partial charge in [-0.3, -0.25) is 33.8 Å². The summed E-state index contributed by atoms with van der Waals surface area (Å²) in [6, 6.07) is -2.46. The van der Waals surface area contributed by atoms with Gasteiger partial charge in [-0.15, -0.1) is 0 Å². The summed E-state index contributed by atoms with van der Waals surface area (Å²) in [7, 11) is 0. The fourth-order valence-electron chi connectivity index (χ4n) is 2.63. The summed E-state index contributed by atoms with van der Waals surface area (Å²) in [6.45, 7) is -0.887. The van der Waals surface area contributed by atoms with E-state index in [4.69, 9.17) is 16.6 Å². The molecule has 10 N–H and O–H groups in total. The van der Waals surface area contributed by atoms with Crippen molar-refractivity contribution >= 4 is 41.5 Å². The van der Waals surface area contributed by atoms with Gasteiger partial charge in [0, 0.05) is 19.5 Å². The maximum Gasteiger partial charge on any atom is 0.305 e. The molecule has 2 atom stereocenters. The number of aliphatic carboxylic acids is 1. The molecule has 1 aliphatic rings. The third kappa shape index (κ3) is 10.7. The van der Waals surface area contributed by atoms with E-state index in [0.29, 0.717) is 6.42 Å². The first-order valence-electron chi connectivity index (χ1n) is 9.76. The number of nitrogens with two attached hydrogens (primary N) is 2. The minimum atomic E-state index is -1.45. The Balaban J connectivity index is 2.90. The number of hydrogen-bond acceptors (Lipinski definition) is 7. The number of hydrogen-bond donors (Lipinski definition) is 8. The molecule has 1 saturated heterocycles. The van der Waals surface area contributed by atoms with Crippen LogP contribution in [0.15, 0.2) is 4.99 Å². The molecule has 1 heterocycles. The molecule has 0 aliphatic carbocycles. The van der Waals surface area contributed by atoms with Crippen LogP contribution >= 0.6 is 0 Å². The highest BCUT2D eigenvalue weighted by Gasteiger charge is 2.26. The smallest absolute Gasteiger partial charge is 0.305 e. The minimum Gasteiger partial charge on any atom is -0.481 e. The number of guanidine groups is 1. The summed E-state index contributed by atoms with van der Waals surface area (Å²) in [6.07, 6.45) is -0.359. The number of amides is 5. The van der Waals surface area contributed by atoms with Gasteiger partial charge in [-0.25, -0.2) is 0 Å². The fraction of sp³-hybridized carbons (Fsp3) is 0.588. The van der Waals surface area contributed by atoms with Crippen molar-refractivity contribution in [1.29, 1.82) is 0 Å². The van der Waals surface area contributed by atoms with Crippen LogP contribution < -0.4 is 38.1 Å². The SMILES string of the molecule is NC(N)=NCCC[C@@H]1NC(=O)CCNC(=O)CNC(=O)[C@H](CC(=O)O)NC(=O)CNC1=O. The highest BCUT2D eigenvalue weighted by molar-refractivity contribution is 5.95. The highest BCUT2D eigenvalue weighted by Crippen LogP contribution is 2.00. The van der Waals surface area contributed by atoms with Gasteiger partial charge >= 0.3 is 5.97 Å². The number of carbonyl (C=O) groups is 6. The van der Waals surface area contributed by atoms with Gasteiger partial charge in [0.15, 0.2) is 5.96 Å². The van der Waals surface area contributed by atoms with Crippen LogP contribution in [0.5, 0.6) is 0 Å². The molecular weight excluding hydrogens is 428 g/mol. The minimum absolute atomic E-state index is 0.0574. The molecule has 0 bridgehead atoms. The lowest BCUT2D eigenvalue weighted by Gasteiger charge is -2.20. The van der Waals surface area contributed by atoms with E-state index < -0.39 is 67.1 Å². The molecule has 32 heavy (non-hydrogen) atoms. The van der Waals surface area contributed by atoms with Crippen molar-refractivity contribution in [2.24, 2.45) is 16.5 Å². The lowest BCUT2D eigenvalue weighted by molar-refractivity contribution is -0.140. The van der Waals surface area contributed by atoms with Crippen molar-refractivity contribution in [2.75, 3.05) is 26.2 Å². The molecule has 1 rings (SSSR count). The Morgan fingerprint density at radius 2 is 1.50 bits per heavy atom. The summed E-state index contributed by atoms with van der Waals surface area (Å²) in [5.41, 5.74) is 10.5. The van der Waals surface area contributed by atoms with Crippen LogP contribution in [-0.2, 0) is 28.8 Å². The van der Waals surface area contributed by atoms with E-state index in [1.165, 1.54) is 0 Å².